The number of aromatic nitrogens is 2. The lowest BCUT2D eigenvalue weighted by Gasteiger charge is -2.25. The lowest BCUT2D eigenvalue weighted by Crippen LogP contribution is -2.40. The highest BCUT2D eigenvalue weighted by atomic mass is 32.2. The molecule has 0 saturated heterocycles. The molecule has 8 nitrogen and oxygen atoms in total. The zero-order valence-corrected chi connectivity index (χ0v) is 16.6. The highest BCUT2D eigenvalue weighted by molar-refractivity contribution is 7.90. The molecule has 4 rings (SSSR count). The van der Waals surface area contributed by atoms with Gasteiger partial charge >= 0.3 is 0 Å². The first kappa shape index (κ1) is 19.8. The van der Waals surface area contributed by atoms with Gasteiger partial charge in [0.1, 0.15) is 6.17 Å². The number of carbonyl (C=O) groups is 2. The maximum atomic E-state index is 13.5. The molecule has 156 valence electrons. The fourth-order valence-electron chi connectivity index (χ4n) is 4.20. The second kappa shape index (κ2) is 7.74. The van der Waals surface area contributed by atoms with Crippen molar-refractivity contribution in [1.29, 1.82) is 0 Å². The van der Waals surface area contributed by atoms with Crippen molar-refractivity contribution in [3.63, 3.8) is 0 Å². The largest absolute Gasteiger partial charge is 0.309 e. The van der Waals surface area contributed by atoms with E-state index >= 15 is 0 Å². The standard InChI is InChI=1S/C19H23FN4O4S/c20-14-5-3-4-12(8-14)11-29(27,28)23-17(25)9-13-10-24-16-7-2-1-6-15(16)21-19(24)22-18(13)26/h1-2,6-7,12-14H,3-5,8-11H2,(H,23,25)(H,21,22,26). The van der Waals surface area contributed by atoms with Crippen LogP contribution in [0.25, 0.3) is 11.0 Å². The molecule has 10 heteroatoms. The summed E-state index contributed by atoms with van der Waals surface area (Å²) in [6, 6.07) is 7.40. The summed E-state index contributed by atoms with van der Waals surface area (Å²) in [6.45, 7) is 0.237. The highest BCUT2D eigenvalue weighted by Gasteiger charge is 2.32. The molecule has 0 radical (unpaired) electrons. The van der Waals surface area contributed by atoms with Crippen molar-refractivity contribution in [1.82, 2.24) is 14.3 Å². The summed E-state index contributed by atoms with van der Waals surface area (Å²) < 4.78 is 42.0. The van der Waals surface area contributed by atoms with Gasteiger partial charge in [-0.05, 0) is 37.3 Å². The van der Waals surface area contributed by atoms with E-state index in [1.807, 2.05) is 33.6 Å². The third-order valence-corrected chi connectivity index (χ3v) is 6.99. The fraction of sp³-hybridized carbons (Fsp3) is 0.526. The maximum absolute atomic E-state index is 13.5. The quantitative estimate of drug-likeness (QED) is 0.766. The second-order valence-electron chi connectivity index (χ2n) is 7.86. The molecule has 1 saturated carbocycles. The van der Waals surface area contributed by atoms with Crippen LogP contribution in [0.4, 0.5) is 10.3 Å². The van der Waals surface area contributed by atoms with Gasteiger partial charge in [-0.25, -0.2) is 17.8 Å². The number of amides is 2. The number of nitrogens with zero attached hydrogens (tertiary/aromatic N) is 2. The van der Waals surface area contributed by atoms with Crippen molar-refractivity contribution in [2.75, 3.05) is 11.1 Å². The van der Waals surface area contributed by atoms with Gasteiger partial charge in [0.2, 0.25) is 27.8 Å². The molecule has 2 aromatic rings. The Labute approximate surface area is 167 Å². The summed E-state index contributed by atoms with van der Waals surface area (Å²) in [5, 5.41) is 2.68. The summed E-state index contributed by atoms with van der Waals surface area (Å²) in [4.78, 5) is 29.0. The Morgan fingerprint density at radius 2 is 2.10 bits per heavy atom. The first-order chi connectivity index (χ1) is 13.8. The first-order valence-corrected chi connectivity index (χ1v) is 11.4. The van der Waals surface area contributed by atoms with Crippen LogP contribution in [0.15, 0.2) is 24.3 Å². The van der Waals surface area contributed by atoms with E-state index in [1.54, 1.807) is 0 Å². The third kappa shape index (κ3) is 4.42. The molecule has 1 aromatic heterocycles. The van der Waals surface area contributed by atoms with E-state index < -0.39 is 28.0 Å². The smallest absolute Gasteiger partial charge is 0.235 e. The number of carbonyl (C=O) groups excluding carboxylic acids is 2. The van der Waals surface area contributed by atoms with Gasteiger partial charge in [0.05, 0.1) is 22.7 Å². The Hall–Kier alpha value is -2.49. The van der Waals surface area contributed by atoms with Crippen molar-refractivity contribution in [2.45, 2.75) is 44.8 Å². The number of alkyl halides is 1. The molecule has 2 aliphatic rings. The molecule has 0 spiro atoms. The van der Waals surface area contributed by atoms with Crippen LogP contribution in [0.3, 0.4) is 0 Å². The maximum Gasteiger partial charge on any atom is 0.235 e. The average molecular weight is 422 g/mol. The van der Waals surface area contributed by atoms with Gasteiger partial charge in [-0.3, -0.25) is 19.6 Å². The number of hydrogen-bond donors (Lipinski definition) is 2. The van der Waals surface area contributed by atoms with Crippen LogP contribution in [0.5, 0.6) is 0 Å². The molecule has 1 aliphatic heterocycles. The van der Waals surface area contributed by atoms with Crippen LogP contribution >= 0.6 is 0 Å². The number of benzene rings is 1. The normalized spacial score (nSPS) is 24.7. The summed E-state index contributed by atoms with van der Waals surface area (Å²) in [5.74, 6) is -1.95. The zero-order valence-electron chi connectivity index (χ0n) is 15.8. The number of anilines is 1. The van der Waals surface area contributed by atoms with Crippen molar-refractivity contribution in [3.8, 4) is 0 Å². The Morgan fingerprint density at radius 3 is 2.90 bits per heavy atom. The summed E-state index contributed by atoms with van der Waals surface area (Å²) in [7, 11) is -3.87. The van der Waals surface area contributed by atoms with E-state index in [9.17, 15) is 22.4 Å². The summed E-state index contributed by atoms with van der Waals surface area (Å²) in [5.41, 5.74) is 1.56. The monoisotopic (exact) mass is 422 g/mol. The molecule has 1 aliphatic carbocycles. The topological polar surface area (TPSA) is 110 Å². The number of halogens is 1. The molecule has 3 atom stereocenters. The van der Waals surface area contributed by atoms with Gasteiger partial charge in [0.25, 0.3) is 0 Å². The summed E-state index contributed by atoms with van der Waals surface area (Å²) >= 11 is 0. The second-order valence-corrected chi connectivity index (χ2v) is 9.63. The van der Waals surface area contributed by atoms with Crippen molar-refractivity contribution >= 4 is 38.8 Å². The molecule has 1 fully saturated rings. The Bertz CT molecular complexity index is 1050. The van der Waals surface area contributed by atoms with Gasteiger partial charge in [-0.15, -0.1) is 0 Å². The van der Waals surface area contributed by atoms with E-state index in [2.05, 4.69) is 10.3 Å². The van der Waals surface area contributed by atoms with Crippen molar-refractivity contribution < 1.29 is 22.4 Å². The van der Waals surface area contributed by atoms with Crippen LogP contribution in [0.1, 0.15) is 32.1 Å². The molecule has 0 bridgehead atoms. The zero-order chi connectivity index (χ0) is 20.6. The molecule has 2 amide bonds. The molecule has 1 aromatic carbocycles. The van der Waals surface area contributed by atoms with Crippen molar-refractivity contribution in [3.05, 3.63) is 24.3 Å². The molecule has 29 heavy (non-hydrogen) atoms. The number of imidazole rings is 1. The number of sulfonamides is 1. The number of hydrogen-bond acceptors (Lipinski definition) is 5. The predicted molar refractivity (Wildman–Crippen MR) is 105 cm³/mol. The number of fused-ring (bicyclic) bond motifs is 3. The minimum atomic E-state index is -3.87. The Balaban J connectivity index is 1.40. The van der Waals surface area contributed by atoms with Gasteiger partial charge < -0.3 is 4.57 Å². The van der Waals surface area contributed by atoms with Crippen LogP contribution < -0.4 is 10.0 Å². The van der Waals surface area contributed by atoms with Crippen LogP contribution in [-0.4, -0.2) is 41.7 Å². The van der Waals surface area contributed by atoms with Crippen LogP contribution in [-0.2, 0) is 26.2 Å². The highest BCUT2D eigenvalue weighted by Crippen LogP contribution is 2.28. The van der Waals surface area contributed by atoms with E-state index in [4.69, 9.17) is 0 Å². The third-order valence-electron chi connectivity index (χ3n) is 5.54. The number of nitrogens with one attached hydrogen (secondary N) is 2. The summed E-state index contributed by atoms with van der Waals surface area (Å²) in [6.07, 6.45) is 0.717. The Kier molecular flexibility index (Phi) is 5.28. The Morgan fingerprint density at radius 1 is 1.31 bits per heavy atom. The predicted octanol–water partition coefficient (Wildman–Crippen LogP) is 1.97. The lowest BCUT2D eigenvalue weighted by molar-refractivity contribution is -0.127. The molecule has 3 unspecified atom stereocenters. The van der Waals surface area contributed by atoms with Gasteiger partial charge in [0, 0.05) is 13.0 Å². The van der Waals surface area contributed by atoms with E-state index in [-0.39, 0.29) is 37.0 Å². The van der Waals surface area contributed by atoms with Gasteiger partial charge in [-0.1, -0.05) is 18.6 Å². The number of rotatable bonds is 5. The molecule has 2 heterocycles. The molecular formula is C19H23FN4O4S. The minimum Gasteiger partial charge on any atom is -0.309 e. The average Bonchev–Trinajstić information content (AvgIpc) is 2.98. The van der Waals surface area contributed by atoms with E-state index in [1.165, 1.54) is 0 Å². The molecular weight excluding hydrogens is 399 g/mol. The molecule has 2 N–H and O–H groups in total. The lowest BCUT2D eigenvalue weighted by atomic mass is 9.89. The fourth-order valence-corrected chi connectivity index (χ4v) is 5.63. The van der Waals surface area contributed by atoms with Crippen molar-refractivity contribution in [2.24, 2.45) is 11.8 Å². The SMILES string of the molecule is O=C(CC1Cn2c(nc3ccccc32)NC1=O)NS(=O)(=O)CC1CCCC(F)C1. The van der Waals surface area contributed by atoms with E-state index in [0.29, 0.717) is 25.2 Å². The van der Waals surface area contributed by atoms with Gasteiger partial charge in [0.15, 0.2) is 0 Å². The first-order valence-electron chi connectivity index (χ1n) is 9.74. The minimum absolute atomic E-state index is 0.205. The van der Waals surface area contributed by atoms with E-state index in [0.717, 1.165) is 11.0 Å². The van der Waals surface area contributed by atoms with Crippen LogP contribution in [0.2, 0.25) is 0 Å². The van der Waals surface area contributed by atoms with Crippen LogP contribution in [0, 0.1) is 11.8 Å². The van der Waals surface area contributed by atoms with Gasteiger partial charge in [-0.2, -0.15) is 0 Å². The number of para-hydroxylation sites is 2.